The van der Waals surface area contributed by atoms with E-state index in [0.717, 1.165) is 0 Å². The number of hydrogen-bond donors (Lipinski definition) is 2. The molecule has 12 nitrogen and oxygen atoms in total. The van der Waals surface area contributed by atoms with Crippen LogP contribution in [0.3, 0.4) is 0 Å². The van der Waals surface area contributed by atoms with Crippen molar-refractivity contribution in [2.24, 2.45) is 11.8 Å². The van der Waals surface area contributed by atoms with Gasteiger partial charge >= 0.3 is 24.4 Å². The van der Waals surface area contributed by atoms with Crippen molar-refractivity contribution in [1.29, 1.82) is 0 Å². The molecule has 1 aromatic carbocycles. The van der Waals surface area contributed by atoms with Gasteiger partial charge in [-0.3, -0.25) is 5.32 Å². The molecule has 0 spiro atoms. The normalized spacial score (nSPS) is 13.0. The summed E-state index contributed by atoms with van der Waals surface area (Å²) in [4.78, 5) is 49.9. The Kier molecular flexibility index (Phi) is 14.6. The molecule has 42 heavy (non-hydrogen) atoms. The number of benzene rings is 1. The van der Waals surface area contributed by atoms with E-state index in [9.17, 15) is 24.3 Å². The SMILES string of the molecule is CCC(C)(C)OC(=O)O[C@](Cc1ccc(OC(=O)OCCC(C)C)c(OC(=O)OCCC(C)C)c1)(NC(C)C)C(=O)O. The first kappa shape index (κ1) is 36.5. The van der Waals surface area contributed by atoms with Crippen LogP contribution in [0.4, 0.5) is 14.4 Å². The largest absolute Gasteiger partial charge is 0.513 e. The van der Waals surface area contributed by atoms with E-state index in [1.807, 2.05) is 34.6 Å². The number of carbonyl (C=O) groups excluding carboxylic acids is 3. The van der Waals surface area contributed by atoms with Gasteiger partial charge in [0.1, 0.15) is 5.60 Å². The van der Waals surface area contributed by atoms with Crippen molar-refractivity contribution in [3.8, 4) is 11.5 Å². The number of ether oxygens (including phenoxy) is 6. The molecular formula is C30H47NO11. The molecule has 0 saturated heterocycles. The monoisotopic (exact) mass is 597 g/mol. The molecule has 238 valence electrons. The summed E-state index contributed by atoms with van der Waals surface area (Å²) in [5, 5.41) is 13.0. The topological polar surface area (TPSA) is 156 Å². The van der Waals surface area contributed by atoms with Crippen LogP contribution < -0.4 is 14.8 Å². The van der Waals surface area contributed by atoms with Crippen LogP contribution in [0.15, 0.2) is 18.2 Å². The summed E-state index contributed by atoms with van der Waals surface area (Å²) in [6, 6.07) is 3.63. The third-order valence-corrected chi connectivity index (χ3v) is 6.01. The fourth-order valence-corrected chi connectivity index (χ4v) is 3.33. The van der Waals surface area contributed by atoms with Crippen molar-refractivity contribution in [2.45, 2.75) is 105 Å². The van der Waals surface area contributed by atoms with Gasteiger partial charge in [0.2, 0.25) is 0 Å². The van der Waals surface area contributed by atoms with Crippen LogP contribution in [0.1, 0.15) is 87.1 Å². The highest BCUT2D eigenvalue weighted by atomic mass is 16.8. The minimum absolute atomic E-state index is 0.105. The molecule has 2 N–H and O–H groups in total. The van der Waals surface area contributed by atoms with Crippen molar-refractivity contribution in [1.82, 2.24) is 5.32 Å². The Bertz CT molecular complexity index is 1050. The number of rotatable bonds is 16. The lowest BCUT2D eigenvalue weighted by Crippen LogP contribution is -2.59. The first-order valence-electron chi connectivity index (χ1n) is 14.2. The number of carbonyl (C=O) groups is 4. The Labute approximate surface area is 248 Å². The van der Waals surface area contributed by atoms with Gasteiger partial charge in [-0.2, -0.15) is 0 Å². The van der Waals surface area contributed by atoms with Gasteiger partial charge in [0.05, 0.1) is 13.2 Å². The van der Waals surface area contributed by atoms with Crippen molar-refractivity contribution in [3.63, 3.8) is 0 Å². The average Bonchev–Trinajstić information content (AvgIpc) is 2.84. The van der Waals surface area contributed by atoms with Crippen molar-refractivity contribution in [2.75, 3.05) is 13.2 Å². The fourth-order valence-electron chi connectivity index (χ4n) is 3.33. The summed E-state index contributed by atoms with van der Waals surface area (Å²) in [6.07, 6.45) is -1.94. The molecule has 1 atom stereocenters. The molecule has 0 aromatic heterocycles. The van der Waals surface area contributed by atoms with Crippen LogP contribution in [0.5, 0.6) is 11.5 Å². The number of carboxylic acids is 1. The molecular weight excluding hydrogens is 550 g/mol. The summed E-state index contributed by atoms with van der Waals surface area (Å²) in [7, 11) is 0. The highest BCUT2D eigenvalue weighted by Gasteiger charge is 2.45. The molecule has 0 amide bonds. The van der Waals surface area contributed by atoms with Gasteiger partial charge in [-0.15, -0.1) is 0 Å². The van der Waals surface area contributed by atoms with Gasteiger partial charge in [0, 0.05) is 12.5 Å². The molecule has 0 aliphatic carbocycles. The lowest BCUT2D eigenvalue weighted by Gasteiger charge is -2.33. The molecule has 0 radical (unpaired) electrons. The Hall–Kier alpha value is -3.54. The molecule has 0 aliphatic heterocycles. The van der Waals surface area contributed by atoms with E-state index >= 15 is 0 Å². The summed E-state index contributed by atoms with van der Waals surface area (Å²) in [6.45, 7) is 16.6. The third-order valence-electron chi connectivity index (χ3n) is 6.01. The van der Waals surface area contributed by atoms with Crippen LogP contribution in [0.25, 0.3) is 0 Å². The number of hydrogen-bond acceptors (Lipinski definition) is 11. The van der Waals surface area contributed by atoms with Crippen LogP contribution in [0, 0.1) is 11.8 Å². The van der Waals surface area contributed by atoms with Gasteiger partial charge in [-0.25, -0.2) is 19.2 Å². The second-order valence-electron chi connectivity index (χ2n) is 11.7. The average molecular weight is 598 g/mol. The maximum atomic E-state index is 12.7. The third kappa shape index (κ3) is 13.4. The first-order chi connectivity index (χ1) is 19.5. The van der Waals surface area contributed by atoms with Gasteiger partial charge in [0.25, 0.3) is 5.72 Å². The summed E-state index contributed by atoms with van der Waals surface area (Å²) in [5.74, 6) is -1.27. The van der Waals surface area contributed by atoms with E-state index < -0.39 is 48.2 Å². The summed E-state index contributed by atoms with van der Waals surface area (Å²) >= 11 is 0. The molecule has 0 heterocycles. The maximum Gasteiger partial charge on any atom is 0.513 e. The number of aliphatic carboxylic acids is 1. The van der Waals surface area contributed by atoms with E-state index in [1.54, 1.807) is 27.7 Å². The van der Waals surface area contributed by atoms with Gasteiger partial charge < -0.3 is 33.5 Å². The van der Waals surface area contributed by atoms with Crippen molar-refractivity contribution >= 4 is 24.4 Å². The number of carboxylic acid groups (broad SMARTS) is 1. The summed E-state index contributed by atoms with van der Waals surface area (Å²) < 4.78 is 31.6. The second-order valence-corrected chi connectivity index (χ2v) is 11.7. The summed E-state index contributed by atoms with van der Waals surface area (Å²) in [5.41, 5.74) is -2.88. The minimum atomic E-state index is -2.25. The molecule has 0 aliphatic rings. The maximum absolute atomic E-state index is 12.7. The minimum Gasteiger partial charge on any atom is -0.477 e. The van der Waals surface area contributed by atoms with Gasteiger partial charge in [0.15, 0.2) is 11.5 Å². The highest BCUT2D eigenvalue weighted by Crippen LogP contribution is 2.32. The van der Waals surface area contributed by atoms with Gasteiger partial charge in [-0.1, -0.05) is 40.7 Å². The highest BCUT2D eigenvalue weighted by molar-refractivity contribution is 5.80. The van der Waals surface area contributed by atoms with E-state index in [0.29, 0.717) is 25.2 Å². The van der Waals surface area contributed by atoms with E-state index in [-0.39, 0.29) is 36.2 Å². The Morgan fingerprint density at radius 2 is 1.33 bits per heavy atom. The quantitative estimate of drug-likeness (QED) is 0.0927. The molecule has 0 bridgehead atoms. The van der Waals surface area contributed by atoms with Crippen molar-refractivity contribution in [3.05, 3.63) is 23.8 Å². The second kappa shape index (κ2) is 16.8. The zero-order valence-corrected chi connectivity index (χ0v) is 26.2. The van der Waals surface area contributed by atoms with E-state index in [4.69, 9.17) is 28.4 Å². The lowest BCUT2D eigenvalue weighted by atomic mass is 10.0. The van der Waals surface area contributed by atoms with Crippen LogP contribution in [0.2, 0.25) is 0 Å². The Morgan fingerprint density at radius 1 is 0.810 bits per heavy atom. The van der Waals surface area contributed by atoms with E-state index in [1.165, 1.54) is 18.2 Å². The van der Waals surface area contributed by atoms with Crippen LogP contribution >= 0.6 is 0 Å². The predicted molar refractivity (Wildman–Crippen MR) is 154 cm³/mol. The van der Waals surface area contributed by atoms with Crippen molar-refractivity contribution < 1.29 is 52.7 Å². The zero-order chi connectivity index (χ0) is 32.1. The Balaban J connectivity index is 3.36. The zero-order valence-electron chi connectivity index (χ0n) is 26.2. The molecule has 0 unspecified atom stereocenters. The molecule has 1 rings (SSSR count). The molecule has 0 fully saturated rings. The molecule has 0 saturated carbocycles. The lowest BCUT2D eigenvalue weighted by molar-refractivity contribution is -0.169. The van der Waals surface area contributed by atoms with Crippen LogP contribution in [-0.2, 0) is 30.2 Å². The van der Waals surface area contributed by atoms with E-state index in [2.05, 4.69) is 5.32 Å². The smallest absolute Gasteiger partial charge is 0.477 e. The fraction of sp³-hybridized carbons (Fsp3) is 0.667. The number of nitrogens with one attached hydrogen (secondary N) is 1. The first-order valence-corrected chi connectivity index (χ1v) is 14.2. The van der Waals surface area contributed by atoms with Gasteiger partial charge in [-0.05, 0) is 76.5 Å². The predicted octanol–water partition coefficient (Wildman–Crippen LogP) is 6.47. The molecule has 1 aromatic rings. The molecule has 12 heteroatoms. The standard InChI is InChI=1S/C30H47NO11/c1-10-29(8,9)41-28(36)42-30(25(32)33,31-21(6)7)18-22-11-12-23(39-26(34)37-15-13-19(2)3)24(17-22)40-27(35)38-16-14-20(4)5/h11-12,17,19-21,31H,10,13-16,18H2,1-9H3,(H,32,33)/t30-/m0/s1. The van der Waals surface area contributed by atoms with Crippen LogP contribution in [-0.4, -0.2) is 60.1 Å². The Morgan fingerprint density at radius 3 is 1.79 bits per heavy atom.